The number of carbonyl (C=O) groups is 4. The van der Waals surface area contributed by atoms with Crippen LogP contribution in [0.3, 0.4) is 0 Å². The van der Waals surface area contributed by atoms with Crippen molar-refractivity contribution in [3.8, 4) is 22.6 Å². The zero-order chi connectivity index (χ0) is 39.8. The molecule has 56 heavy (non-hydrogen) atoms. The Kier molecular flexibility index (Phi) is 13.9. The minimum atomic E-state index is -1.05. The largest absolute Gasteiger partial charge is 0.507 e. The van der Waals surface area contributed by atoms with Crippen molar-refractivity contribution in [2.45, 2.75) is 63.2 Å². The Hall–Kier alpha value is -4.27. The molecule has 296 valence electrons. The van der Waals surface area contributed by atoms with Gasteiger partial charge in [-0.25, -0.2) is 4.79 Å². The molecule has 4 fully saturated rings. The second kappa shape index (κ2) is 18.8. The number of phenols is 1. The molecule has 0 radical (unpaired) electrons. The standard InChI is InChI=1S/C42H46BrN3O8S2/c1-25(41(51)52)30-3-5-31(6-4-30)33-8-7-32(21-34(33)42-22-27-16-28(23-42)18-29(17-27)24-42)54-39(49)11-10-38(48)44-12-14-55-56-15-13-45-40(50)36(46-53)20-26-2-9-37(47)35(43)19-26/h2-9,19,21,27-29,47,53H,1,10-18,20,22-24H2,(H,44,48)(H,45,50)(H,51,52). The van der Waals surface area contributed by atoms with E-state index in [2.05, 4.69) is 38.3 Å². The van der Waals surface area contributed by atoms with Gasteiger partial charge in [0.1, 0.15) is 17.2 Å². The van der Waals surface area contributed by atoms with Crippen molar-refractivity contribution in [1.82, 2.24) is 10.6 Å². The van der Waals surface area contributed by atoms with Crippen LogP contribution in [0.1, 0.15) is 68.1 Å². The van der Waals surface area contributed by atoms with Gasteiger partial charge >= 0.3 is 11.9 Å². The molecule has 4 bridgehead atoms. The van der Waals surface area contributed by atoms with Gasteiger partial charge in [-0.05, 0) is 130 Å². The predicted octanol–water partition coefficient (Wildman–Crippen LogP) is 7.76. The van der Waals surface area contributed by atoms with Crippen LogP contribution in [0.5, 0.6) is 11.5 Å². The number of aliphatic carboxylic acids is 1. The van der Waals surface area contributed by atoms with Gasteiger partial charge in [-0.3, -0.25) is 14.4 Å². The molecule has 11 nitrogen and oxygen atoms in total. The zero-order valence-corrected chi connectivity index (χ0v) is 34.1. The summed E-state index contributed by atoms with van der Waals surface area (Å²) in [6.45, 7) is 4.47. The van der Waals surface area contributed by atoms with Crippen LogP contribution in [-0.4, -0.2) is 69.5 Å². The molecule has 4 aliphatic carbocycles. The molecule has 14 heteroatoms. The summed E-state index contributed by atoms with van der Waals surface area (Å²) in [4.78, 5) is 49.4. The number of nitrogens with zero attached hydrogens (tertiary/aromatic N) is 1. The Morgan fingerprint density at radius 2 is 1.52 bits per heavy atom. The number of amides is 2. The quantitative estimate of drug-likeness (QED) is 0.0124. The molecule has 2 amide bonds. The molecule has 0 atom stereocenters. The van der Waals surface area contributed by atoms with Crippen LogP contribution in [-0.2, 0) is 31.0 Å². The highest BCUT2D eigenvalue weighted by Gasteiger charge is 2.52. The molecule has 0 aromatic heterocycles. The summed E-state index contributed by atoms with van der Waals surface area (Å²) in [6, 6.07) is 18.1. The molecular weight excluding hydrogens is 819 g/mol. The van der Waals surface area contributed by atoms with Crippen LogP contribution >= 0.6 is 37.5 Å². The first kappa shape index (κ1) is 41.4. The first-order chi connectivity index (χ1) is 26.9. The maximum atomic E-state index is 13.0. The number of ether oxygens (including phenoxy) is 1. The first-order valence-electron chi connectivity index (χ1n) is 18.8. The van der Waals surface area contributed by atoms with Crippen LogP contribution in [0.25, 0.3) is 16.7 Å². The summed E-state index contributed by atoms with van der Waals surface area (Å²) in [6.07, 6.45) is 7.28. The fraction of sp³-hybridized carbons (Fsp3) is 0.405. The molecule has 0 spiro atoms. The molecule has 0 heterocycles. The number of hydrogen-bond acceptors (Lipinski definition) is 10. The van der Waals surface area contributed by atoms with Gasteiger partial charge in [-0.2, -0.15) is 0 Å². The number of esters is 1. The Labute approximate surface area is 342 Å². The maximum Gasteiger partial charge on any atom is 0.335 e. The number of hydrogen-bond donors (Lipinski definition) is 5. The lowest BCUT2D eigenvalue weighted by Crippen LogP contribution is -2.48. The number of carboxylic acid groups (broad SMARTS) is 1. The van der Waals surface area contributed by atoms with Crippen molar-refractivity contribution in [3.63, 3.8) is 0 Å². The minimum Gasteiger partial charge on any atom is -0.507 e. The summed E-state index contributed by atoms with van der Waals surface area (Å²) >= 11 is 3.23. The minimum absolute atomic E-state index is 0.00563. The van der Waals surface area contributed by atoms with E-state index in [4.69, 9.17) is 4.74 Å². The zero-order valence-electron chi connectivity index (χ0n) is 30.9. The summed E-state index contributed by atoms with van der Waals surface area (Å²) in [7, 11) is 3.07. The third-order valence-corrected chi connectivity index (χ3v) is 14.1. The molecule has 0 aliphatic heterocycles. The highest BCUT2D eigenvalue weighted by molar-refractivity contribution is 9.10. The Balaban J connectivity index is 0.940. The van der Waals surface area contributed by atoms with Crippen LogP contribution in [0.15, 0.2) is 76.9 Å². The second-order valence-electron chi connectivity index (χ2n) is 15.0. The topological polar surface area (TPSA) is 175 Å². The normalized spacial score (nSPS) is 21.0. The van der Waals surface area contributed by atoms with Crippen molar-refractivity contribution in [2.24, 2.45) is 22.9 Å². The van der Waals surface area contributed by atoms with Gasteiger partial charge in [0.05, 0.1) is 16.5 Å². The lowest BCUT2D eigenvalue weighted by Gasteiger charge is -2.57. The van der Waals surface area contributed by atoms with Crippen LogP contribution in [0, 0.1) is 17.8 Å². The van der Waals surface area contributed by atoms with Gasteiger partial charge in [0.25, 0.3) is 5.91 Å². The molecule has 0 saturated heterocycles. The predicted molar refractivity (Wildman–Crippen MR) is 223 cm³/mol. The number of rotatable bonds is 18. The maximum absolute atomic E-state index is 13.0. The summed E-state index contributed by atoms with van der Waals surface area (Å²) in [5.74, 6) is 1.64. The number of halogens is 1. The van der Waals surface area contributed by atoms with E-state index in [1.807, 2.05) is 24.3 Å². The number of phenolic OH excluding ortho intramolecular Hbond substituents is 1. The van der Waals surface area contributed by atoms with E-state index in [0.717, 1.165) is 30.4 Å². The average molecular weight is 865 g/mol. The number of carbonyl (C=O) groups excluding carboxylic acids is 3. The van der Waals surface area contributed by atoms with Crippen molar-refractivity contribution in [2.75, 3.05) is 24.6 Å². The Bertz CT molecular complexity index is 1970. The second-order valence-corrected chi connectivity index (χ2v) is 18.6. The van der Waals surface area contributed by atoms with E-state index in [1.165, 1.54) is 52.5 Å². The van der Waals surface area contributed by atoms with Crippen LogP contribution < -0.4 is 15.4 Å². The molecule has 3 aromatic rings. The highest BCUT2D eigenvalue weighted by atomic mass is 79.9. The SMILES string of the molecule is C=C(C(=O)O)c1ccc(-c2ccc(OC(=O)CCC(=O)NCCSSCCNC(=O)C(Cc3ccc(O)c(Br)c3)=NO)cc2C23CC4CC(CC(C4)C2)C3)cc1. The van der Waals surface area contributed by atoms with Gasteiger partial charge < -0.3 is 30.8 Å². The van der Waals surface area contributed by atoms with Crippen molar-refractivity contribution in [1.29, 1.82) is 0 Å². The van der Waals surface area contributed by atoms with Gasteiger partial charge in [0.2, 0.25) is 5.91 Å². The van der Waals surface area contributed by atoms with Gasteiger partial charge in [-0.15, -0.1) is 0 Å². The fourth-order valence-electron chi connectivity index (χ4n) is 8.85. The molecule has 0 unspecified atom stereocenters. The fourth-order valence-corrected chi connectivity index (χ4v) is 11.1. The van der Waals surface area contributed by atoms with E-state index < -0.39 is 17.8 Å². The number of aromatic hydroxyl groups is 1. The molecule has 7 rings (SSSR count). The summed E-state index contributed by atoms with van der Waals surface area (Å²) < 4.78 is 6.31. The van der Waals surface area contributed by atoms with Crippen LogP contribution in [0.4, 0.5) is 0 Å². The highest BCUT2D eigenvalue weighted by Crippen LogP contribution is 2.62. The average Bonchev–Trinajstić information content (AvgIpc) is 3.17. The van der Waals surface area contributed by atoms with Crippen molar-refractivity contribution < 1.29 is 39.3 Å². The molecule has 5 N–H and O–H groups in total. The molecule has 4 aliphatic rings. The smallest absolute Gasteiger partial charge is 0.335 e. The Morgan fingerprint density at radius 1 is 0.875 bits per heavy atom. The number of oxime groups is 1. The molecular formula is C42H46BrN3O8S2. The van der Waals surface area contributed by atoms with Crippen molar-refractivity contribution >= 4 is 72.6 Å². The first-order valence-corrected chi connectivity index (χ1v) is 22.1. The van der Waals surface area contributed by atoms with E-state index in [9.17, 15) is 34.6 Å². The van der Waals surface area contributed by atoms with E-state index in [-0.39, 0.29) is 47.6 Å². The van der Waals surface area contributed by atoms with E-state index >= 15 is 0 Å². The number of carboxylic acids is 1. The number of nitrogens with one attached hydrogen (secondary N) is 2. The lowest BCUT2D eigenvalue weighted by atomic mass is 9.47. The third kappa shape index (κ3) is 10.4. The summed E-state index contributed by atoms with van der Waals surface area (Å²) in [5.41, 5.74) is 4.50. The molecule has 4 saturated carbocycles. The number of benzene rings is 3. The van der Waals surface area contributed by atoms with Crippen LogP contribution in [0.2, 0.25) is 0 Å². The lowest BCUT2D eigenvalue weighted by molar-refractivity contribution is -0.136. The monoisotopic (exact) mass is 863 g/mol. The molecule has 3 aromatic carbocycles. The van der Waals surface area contributed by atoms with E-state index in [1.54, 1.807) is 30.3 Å². The van der Waals surface area contributed by atoms with Gasteiger partial charge in [0, 0.05) is 37.4 Å². The third-order valence-electron chi connectivity index (χ3n) is 11.0. The van der Waals surface area contributed by atoms with Gasteiger partial charge in [-0.1, -0.05) is 69.7 Å². The van der Waals surface area contributed by atoms with E-state index in [0.29, 0.717) is 63.7 Å². The Morgan fingerprint density at radius 3 is 2.12 bits per heavy atom. The van der Waals surface area contributed by atoms with Crippen molar-refractivity contribution in [3.05, 3.63) is 88.4 Å². The summed E-state index contributed by atoms with van der Waals surface area (Å²) in [5, 5.41) is 37.0. The van der Waals surface area contributed by atoms with Gasteiger partial charge in [0.15, 0.2) is 0 Å².